The van der Waals surface area contributed by atoms with Crippen LogP contribution in [0.1, 0.15) is 25.8 Å². The summed E-state index contributed by atoms with van der Waals surface area (Å²) < 4.78 is 42.5. The highest BCUT2D eigenvalue weighted by Gasteiger charge is 2.21. The lowest BCUT2D eigenvalue weighted by molar-refractivity contribution is -0.116. The van der Waals surface area contributed by atoms with Gasteiger partial charge in [-0.25, -0.2) is 8.42 Å². The van der Waals surface area contributed by atoms with Gasteiger partial charge in [0.05, 0.1) is 26.2 Å². The van der Waals surface area contributed by atoms with E-state index >= 15 is 0 Å². The zero-order valence-electron chi connectivity index (χ0n) is 18.6. The number of hydrogen-bond acceptors (Lipinski definition) is 6. The minimum atomic E-state index is -3.53. The first-order chi connectivity index (χ1) is 14.8. The van der Waals surface area contributed by atoms with Crippen LogP contribution in [0.3, 0.4) is 0 Å². The van der Waals surface area contributed by atoms with Crippen LogP contribution in [0.25, 0.3) is 0 Å². The van der Waals surface area contributed by atoms with Crippen molar-refractivity contribution in [1.82, 2.24) is 4.31 Å². The number of methoxy groups -OCH3 is 3. The number of nitrogens with zero attached hydrogens (tertiary/aromatic N) is 1. The largest absolute Gasteiger partial charge is 0.493 e. The predicted molar refractivity (Wildman–Crippen MR) is 120 cm³/mol. The first-order valence-electron chi connectivity index (χ1n) is 9.99. The molecule has 2 aromatic carbocycles. The van der Waals surface area contributed by atoms with E-state index in [1.54, 1.807) is 26.0 Å². The molecule has 2 rings (SSSR count). The maximum absolute atomic E-state index is 12.5. The molecule has 31 heavy (non-hydrogen) atoms. The van der Waals surface area contributed by atoms with Crippen molar-refractivity contribution in [3.63, 3.8) is 0 Å². The highest BCUT2D eigenvalue weighted by Crippen LogP contribution is 2.38. The first-order valence-corrected chi connectivity index (χ1v) is 11.4. The normalized spacial score (nSPS) is 11.3. The number of rotatable bonds is 11. The van der Waals surface area contributed by atoms with Gasteiger partial charge < -0.3 is 19.5 Å². The predicted octanol–water partition coefficient (Wildman–Crippen LogP) is 3.31. The average molecular weight is 451 g/mol. The number of carbonyl (C=O) groups excluding carboxylic acids is 1. The van der Waals surface area contributed by atoms with Crippen LogP contribution < -0.4 is 19.5 Å². The zero-order chi connectivity index (χ0) is 23.0. The van der Waals surface area contributed by atoms with Crippen LogP contribution in [0.5, 0.6) is 17.2 Å². The fraction of sp³-hybridized carbons (Fsp3) is 0.409. The Bertz CT molecular complexity index is 961. The van der Waals surface area contributed by atoms with Crippen LogP contribution in [0.2, 0.25) is 0 Å². The van der Waals surface area contributed by atoms with Gasteiger partial charge in [-0.15, -0.1) is 0 Å². The molecule has 0 saturated heterocycles. The summed E-state index contributed by atoms with van der Waals surface area (Å²) in [4.78, 5) is 12.6. The van der Waals surface area contributed by atoms with E-state index in [0.29, 0.717) is 42.4 Å². The summed E-state index contributed by atoms with van der Waals surface area (Å²) in [5.74, 6) is 1.37. The fourth-order valence-electron chi connectivity index (χ4n) is 3.18. The molecule has 0 aliphatic heterocycles. The van der Waals surface area contributed by atoms with Crippen molar-refractivity contribution in [3.05, 3.63) is 42.0 Å². The molecule has 0 spiro atoms. The second-order valence-corrected chi connectivity index (χ2v) is 8.63. The molecule has 170 valence electrons. The van der Waals surface area contributed by atoms with Gasteiger partial charge in [-0.1, -0.05) is 13.8 Å². The average Bonchev–Trinajstić information content (AvgIpc) is 2.77. The van der Waals surface area contributed by atoms with E-state index in [-0.39, 0.29) is 17.2 Å². The molecule has 0 atom stereocenters. The number of hydrogen-bond donors (Lipinski definition) is 1. The Morgan fingerprint density at radius 1 is 0.935 bits per heavy atom. The van der Waals surface area contributed by atoms with Crippen LogP contribution in [0, 0.1) is 0 Å². The lowest BCUT2D eigenvalue weighted by Crippen LogP contribution is -2.30. The summed E-state index contributed by atoms with van der Waals surface area (Å²) in [6.07, 6.45) is 0.703. The third-order valence-electron chi connectivity index (χ3n) is 4.85. The van der Waals surface area contributed by atoms with Crippen LogP contribution in [-0.4, -0.2) is 53.0 Å². The molecule has 8 nitrogen and oxygen atoms in total. The van der Waals surface area contributed by atoms with Gasteiger partial charge in [-0.3, -0.25) is 4.79 Å². The van der Waals surface area contributed by atoms with Crippen LogP contribution in [0.15, 0.2) is 41.3 Å². The molecule has 9 heteroatoms. The number of ether oxygens (including phenoxy) is 3. The Kier molecular flexibility index (Phi) is 8.70. The molecular formula is C22H30N2O6S. The highest BCUT2D eigenvalue weighted by molar-refractivity contribution is 7.89. The smallest absolute Gasteiger partial charge is 0.243 e. The monoisotopic (exact) mass is 450 g/mol. The molecule has 0 aliphatic rings. The van der Waals surface area contributed by atoms with E-state index < -0.39 is 10.0 Å². The van der Waals surface area contributed by atoms with Crippen LogP contribution in [-0.2, 0) is 21.2 Å². The first kappa shape index (κ1) is 24.5. The minimum Gasteiger partial charge on any atom is -0.493 e. The molecule has 0 saturated carbocycles. The van der Waals surface area contributed by atoms with Gasteiger partial charge in [-0.2, -0.15) is 4.31 Å². The van der Waals surface area contributed by atoms with E-state index in [9.17, 15) is 13.2 Å². The van der Waals surface area contributed by atoms with E-state index in [2.05, 4.69) is 5.32 Å². The summed E-state index contributed by atoms with van der Waals surface area (Å²) in [6, 6.07) is 9.80. The molecule has 0 heterocycles. The lowest BCUT2D eigenvalue weighted by atomic mass is 10.1. The van der Waals surface area contributed by atoms with E-state index in [1.165, 1.54) is 37.8 Å². The molecule has 2 aromatic rings. The number of benzene rings is 2. The quantitative estimate of drug-likeness (QED) is 0.564. The van der Waals surface area contributed by atoms with Gasteiger partial charge in [0.2, 0.25) is 21.7 Å². The number of sulfonamides is 1. The van der Waals surface area contributed by atoms with Crippen molar-refractivity contribution in [2.24, 2.45) is 0 Å². The van der Waals surface area contributed by atoms with Crippen molar-refractivity contribution in [3.8, 4) is 17.2 Å². The highest BCUT2D eigenvalue weighted by atomic mass is 32.2. The minimum absolute atomic E-state index is 0.187. The van der Waals surface area contributed by atoms with Gasteiger partial charge in [0, 0.05) is 25.2 Å². The second kappa shape index (κ2) is 11.0. The third kappa shape index (κ3) is 5.89. The SMILES string of the molecule is CCN(CC)S(=O)(=O)c1ccc(NC(=O)CCc2cc(OC)c(OC)c(OC)c2)cc1. The standard InChI is InChI=1S/C22H30N2O6S/c1-6-24(7-2)31(26,27)18-11-9-17(10-12-18)23-21(25)13-8-16-14-19(28-3)22(30-5)20(15-16)29-4/h9-12,14-15H,6-8,13H2,1-5H3,(H,23,25). The van der Waals surface area contributed by atoms with Crippen LogP contribution in [0.4, 0.5) is 5.69 Å². The van der Waals surface area contributed by atoms with Gasteiger partial charge in [-0.05, 0) is 48.4 Å². The fourth-order valence-corrected chi connectivity index (χ4v) is 4.64. The summed E-state index contributed by atoms with van der Waals surface area (Å²) in [7, 11) is 1.09. The van der Waals surface area contributed by atoms with E-state index in [1.807, 2.05) is 12.1 Å². The summed E-state index contributed by atoms with van der Waals surface area (Å²) in [5, 5.41) is 2.79. The maximum Gasteiger partial charge on any atom is 0.243 e. The van der Waals surface area contributed by atoms with Crippen molar-refractivity contribution < 1.29 is 27.4 Å². The summed E-state index contributed by atoms with van der Waals surface area (Å²) >= 11 is 0. The molecule has 0 unspecified atom stereocenters. The number of amides is 1. The van der Waals surface area contributed by atoms with E-state index in [0.717, 1.165) is 5.56 Å². The molecular weight excluding hydrogens is 420 g/mol. The number of aryl methyl sites for hydroxylation is 1. The van der Waals surface area contributed by atoms with Gasteiger partial charge in [0.15, 0.2) is 11.5 Å². The maximum atomic E-state index is 12.5. The molecule has 1 N–H and O–H groups in total. The zero-order valence-corrected chi connectivity index (χ0v) is 19.4. The van der Waals surface area contributed by atoms with Crippen molar-refractivity contribution in [2.75, 3.05) is 39.7 Å². The second-order valence-electron chi connectivity index (χ2n) is 6.70. The van der Waals surface area contributed by atoms with Crippen molar-refractivity contribution >= 4 is 21.6 Å². The van der Waals surface area contributed by atoms with Gasteiger partial charge >= 0.3 is 0 Å². The molecule has 0 aromatic heterocycles. The Balaban J connectivity index is 2.04. The molecule has 0 radical (unpaired) electrons. The number of carbonyl (C=O) groups is 1. The molecule has 0 aliphatic carbocycles. The van der Waals surface area contributed by atoms with Crippen molar-refractivity contribution in [2.45, 2.75) is 31.6 Å². The van der Waals surface area contributed by atoms with Gasteiger partial charge in [0.25, 0.3) is 0 Å². The van der Waals surface area contributed by atoms with Gasteiger partial charge in [0.1, 0.15) is 0 Å². The van der Waals surface area contributed by atoms with Crippen molar-refractivity contribution in [1.29, 1.82) is 0 Å². The molecule has 1 amide bonds. The third-order valence-corrected chi connectivity index (χ3v) is 6.91. The summed E-state index contributed by atoms with van der Waals surface area (Å²) in [6.45, 7) is 4.39. The Hall–Kier alpha value is -2.78. The Labute approximate surface area is 184 Å². The Morgan fingerprint density at radius 2 is 1.48 bits per heavy atom. The Morgan fingerprint density at radius 3 is 1.94 bits per heavy atom. The summed E-state index contributed by atoms with van der Waals surface area (Å²) in [5.41, 5.74) is 1.40. The molecule has 0 bridgehead atoms. The lowest BCUT2D eigenvalue weighted by Gasteiger charge is -2.18. The number of anilines is 1. The van der Waals surface area contributed by atoms with E-state index in [4.69, 9.17) is 14.2 Å². The van der Waals surface area contributed by atoms with Crippen LogP contribution >= 0.6 is 0 Å². The number of nitrogens with one attached hydrogen (secondary N) is 1. The topological polar surface area (TPSA) is 94.2 Å². The molecule has 0 fully saturated rings.